The molecule has 6 heteroatoms. The summed E-state index contributed by atoms with van der Waals surface area (Å²) in [5.41, 5.74) is 2.37. The van der Waals surface area contributed by atoms with Gasteiger partial charge in [0, 0.05) is 10.8 Å². The van der Waals surface area contributed by atoms with Crippen molar-refractivity contribution < 1.29 is 23.8 Å². The lowest BCUT2D eigenvalue weighted by Crippen LogP contribution is -2.55. The highest BCUT2D eigenvalue weighted by molar-refractivity contribution is 6.49. The van der Waals surface area contributed by atoms with Crippen LogP contribution in [-0.4, -0.2) is 25.7 Å². The lowest BCUT2D eigenvalue weighted by atomic mass is 9.67. The lowest BCUT2D eigenvalue weighted by molar-refractivity contribution is -0.162. The summed E-state index contributed by atoms with van der Waals surface area (Å²) in [7, 11) is -1.15. The zero-order valence-electron chi connectivity index (χ0n) is 30.5. The molecule has 0 bridgehead atoms. The monoisotopic (exact) mass is 666 g/mol. The average Bonchev–Trinajstić information content (AvgIpc) is 3.06. The summed E-state index contributed by atoms with van der Waals surface area (Å²) in [6, 6.07) is 31.7. The van der Waals surface area contributed by atoms with Crippen molar-refractivity contribution in [2.45, 2.75) is 104 Å². The molecule has 1 N–H and O–H groups in total. The summed E-state index contributed by atoms with van der Waals surface area (Å²) in [5, 5.41) is 9.72. The Hall–Kier alpha value is -4.03. The summed E-state index contributed by atoms with van der Waals surface area (Å²) in [5.74, 6) is 2.12. The number of carbonyl (C=O) groups excluding carboxylic acids is 1. The minimum Gasteiger partial charge on any atom is -0.547 e. The molecule has 0 aliphatic rings. The normalized spacial score (nSPS) is 13.6. The van der Waals surface area contributed by atoms with Crippen molar-refractivity contribution in [1.29, 1.82) is 0 Å². The van der Waals surface area contributed by atoms with E-state index >= 15 is 0 Å². The fourth-order valence-corrected chi connectivity index (χ4v) is 7.49. The van der Waals surface area contributed by atoms with Gasteiger partial charge in [0.1, 0.15) is 34.0 Å². The van der Waals surface area contributed by atoms with Crippen LogP contribution in [0.3, 0.4) is 0 Å². The third kappa shape index (κ3) is 7.49. The van der Waals surface area contributed by atoms with Crippen LogP contribution < -0.4 is 13.9 Å². The first-order valence-electron chi connectivity index (χ1n) is 17.3. The summed E-state index contributed by atoms with van der Waals surface area (Å²) in [6.45, 7) is 21.2. The van der Waals surface area contributed by atoms with Crippen LogP contribution in [0, 0.1) is 5.41 Å². The molecule has 4 aromatic rings. The van der Waals surface area contributed by atoms with Crippen LogP contribution in [0.15, 0.2) is 97.1 Å². The molecule has 1 unspecified atom stereocenters. The molecule has 5 nitrogen and oxygen atoms in total. The van der Waals surface area contributed by atoms with E-state index in [0.717, 1.165) is 22.6 Å². The van der Waals surface area contributed by atoms with E-state index in [1.165, 1.54) is 11.1 Å². The van der Waals surface area contributed by atoms with Gasteiger partial charge in [-0.3, -0.25) is 4.79 Å². The van der Waals surface area contributed by atoms with Crippen LogP contribution >= 0.6 is 0 Å². The number of phenols is 1. The molecule has 1 atom stereocenters. The second kappa shape index (κ2) is 14.6. The van der Waals surface area contributed by atoms with Gasteiger partial charge in [-0.25, -0.2) is 0 Å². The highest BCUT2D eigenvalue weighted by Gasteiger charge is 2.54. The van der Waals surface area contributed by atoms with Gasteiger partial charge in [0.25, 0.3) is 0 Å². The molecule has 4 aromatic carbocycles. The lowest BCUT2D eigenvalue weighted by Gasteiger charge is -2.45. The molecule has 48 heavy (non-hydrogen) atoms. The number of hydrogen-bond donors (Lipinski definition) is 1. The highest BCUT2D eigenvalue weighted by Crippen LogP contribution is 2.45. The number of benzene rings is 4. The van der Waals surface area contributed by atoms with Gasteiger partial charge < -0.3 is 19.0 Å². The first-order chi connectivity index (χ1) is 22.6. The Morgan fingerprint density at radius 2 is 0.958 bits per heavy atom. The van der Waals surface area contributed by atoms with Crippen LogP contribution in [0.1, 0.15) is 96.9 Å². The topological polar surface area (TPSA) is 65.0 Å². The Morgan fingerprint density at radius 3 is 1.33 bits per heavy atom. The number of hydrogen-bond acceptors (Lipinski definition) is 5. The molecule has 0 aliphatic carbocycles. The third-order valence-corrected chi connectivity index (χ3v) is 11.3. The SMILES string of the molecule is CCC(C)(Oc1ccc(C(C)(C)c2ccc(O[SiH](C)C)cc2)cc1)C(CC)(CC)C(=O)Oc1ccc(C(C)(C)c2ccc(O)cc2)cc1. The maximum atomic E-state index is 14.1. The van der Waals surface area contributed by atoms with Gasteiger partial charge in [-0.1, -0.05) is 97.0 Å². The van der Waals surface area contributed by atoms with E-state index < -0.39 is 20.1 Å². The van der Waals surface area contributed by atoms with Gasteiger partial charge in [0.05, 0.1) is 0 Å². The van der Waals surface area contributed by atoms with Gasteiger partial charge >= 0.3 is 5.97 Å². The van der Waals surface area contributed by atoms with Crippen molar-refractivity contribution in [2.75, 3.05) is 0 Å². The van der Waals surface area contributed by atoms with Crippen molar-refractivity contribution in [2.24, 2.45) is 5.41 Å². The van der Waals surface area contributed by atoms with Gasteiger partial charge in [-0.2, -0.15) is 0 Å². The van der Waals surface area contributed by atoms with E-state index in [4.69, 9.17) is 13.9 Å². The summed E-state index contributed by atoms with van der Waals surface area (Å²) in [6.07, 6.45) is 1.77. The number of rotatable bonds is 14. The third-order valence-electron chi connectivity index (χ3n) is 10.5. The molecule has 0 aliphatic heterocycles. The Labute approximate surface area is 290 Å². The number of phenolic OH excluding ortho intramolecular Hbond substituents is 1. The van der Waals surface area contributed by atoms with E-state index in [1.54, 1.807) is 12.1 Å². The van der Waals surface area contributed by atoms with E-state index in [2.05, 4.69) is 84.1 Å². The minimum atomic E-state index is -1.15. The van der Waals surface area contributed by atoms with E-state index in [1.807, 2.05) is 69.3 Å². The summed E-state index contributed by atoms with van der Waals surface area (Å²) in [4.78, 5) is 14.1. The Bertz CT molecular complexity index is 1630. The first-order valence-corrected chi connectivity index (χ1v) is 20.1. The Kier molecular flexibility index (Phi) is 11.2. The summed E-state index contributed by atoms with van der Waals surface area (Å²) >= 11 is 0. The molecule has 256 valence electrons. The second-order valence-corrected chi connectivity index (χ2v) is 16.7. The van der Waals surface area contributed by atoms with Crippen molar-refractivity contribution in [3.05, 3.63) is 119 Å². The molecular formula is C42H54O5Si. The number of ether oxygens (including phenoxy) is 2. The second-order valence-electron chi connectivity index (χ2n) is 14.4. The predicted octanol–water partition coefficient (Wildman–Crippen LogP) is 10.4. The van der Waals surface area contributed by atoms with Crippen LogP contribution in [0.25, 0.3) is 0 Å². The predicted molar refractivity (Wildman–Crippen MR) is 199 cm³/mol. The quantitative estimate of drug-likeness (QED) is 0.0824. The van der Waals surface area contributed by atoms with Crippen molar-refractivity contribution in [3.8, 4) is 23.0 Å². The largest absolute Gasteiger partial charge is 0.547 e. The molecule has 0 radical (unpaired) electrons. The van der Waals surface area contributed by atoms with Crippen molar-refractivity contribution in [1.82, 2.24) is 0 Å². The molecule has 0 heterocycles. The van der Waals surface area contributed by atoms with E-state index in [-0.39, 0.29) is 22.5 Å². The smallest absolute Gasteiger partial charge is 0.321 e. The number of carbonyl (C=O) groups is 1. The minimum absolute atomic E-state index is 0.213. The van der Waals surface area contributed by atoms with Crippen LogP contribution in [0.5, 0.6) is 23.0 Å². The molecule has 0 amide bonds. The molecule has 0 fully saturated rings. The first kappa shape index (κ1) is 36.8. The molecule has 0 saturated carbocycles. The van der Waals surface area contributed by atoms with Crippen molar-refractivity contribution in [3.63, 3.8) is 0 Å². The van der Waals surface area contributed by atoms with Crippen LogP contribution in [0.4, 0.5) is 0 Å². The molecule has 0 spiro atoms. The van der Waals surface area contributed by atoms with Crippen LogP contribution in [0.2, 0.25) is 13.1 Å². The number of esters is 1. The molecular weight excluding hydrogens is 613 g/mol. The summed E-state index contributed by atoms with van der Waals surface area (Å²) < 4.78 is 18.9. The zero-order valence-corrected chi connectivity index (χ0v) is 31.7. The fraction of sp³-hybridized carbons (Fsp3) is 0.405. The average molecular weight is 667 g/mol. The van der Waals surface area contributed by atoms with Gasteiger partial charge in [-0.05, 0) is 110 Å². The zero-order chi connectivity index (χ0) is 35.3. The van der Waals surface area contributed by atoms with Gasteiger partial charge in [0.2, 0.25) is 9.04 Å². The number of aromatic hydroxyl groups is 1. The fourth-order valence-electron chi connectivity index (χ4n) is 6.79. The van der Waals surface area contributed by atoms with Crippen LogP contribution in [-0.2, 0) is 15.6 Å². The van der Waals surface area contributed by atoms with E-state index in [0.29, 0.717) is 25.0 Å². The Balaban J connectivity index is 1.52. The Morgan fingerprint density at radius 1 is 0.583 bits per heavy atom. The standard InChI is InChI=1S/C42H54O5Si/c1-11-41(8,46-36-26-18-32(19-27-36)40(6,7)33-20-28-37(29-21-33)47-48(9)10)42(12-2,13-3)38(44)45-35-24-16-31(17-25-35)39(4,5)30-14-22-34(43)23-15-30/h14-29,43,48H,11-13H2,1-10H3. The van der Waals surface area contributed by atoms with Gasteiger partial charge in [0.15, 0.2) is 0 Å². The maximum absolute atomic E-state index is 14.1. The maximum Gasteiger partial charge on any atom is 0.321 e. The van der Waals surface area contributed by atoms with E-state index in [9.17, 15) is 9.90 Å². The molecule has 0 aromatic heterocycles. The molecule has 4 rings (SSSR count). The molecule has 0 saturated heterocycles. The van der Waals surface area contributed by atoms with Gasteiger partial charge in [-0.15, -0.1) is 0 Å². The highest BCUT2D eigenvalue weighted by atomic mass is 28.3. The van der Waals surface area contributed by atoms with Crippen molar-refractivity contribution >= 4 is 15.0 Å².